The van der Waals surface area contributed by atoms with Crippen LogP contribution in [-0.4, -0.2) is 26.2 Å². The zero-order valence-corrected chi connectivity index (χ0v) is 16.6. The molecule has 0 radical (unpaired) electrons. The van der Waals surface area contributed by atoms with E-state index in [0.29, 0.717) is 37.5 Å². The van der Waals surface area contributed by atoms with E-state index in [4.69, 9.17) is 14.2 Å². The molecule has 0 saturated carbocycles. The summed E-state index contributed by atoms with van der Waals surface area (Å²) in [6.07, 6.45) is 1.24. The van der Waals surface area contributed by atoms with Crippen molar-refractivity contribution in [1.29, 1.82) is 0 Å². The van der Waals surface area contributed by atoms with Gasteiger partial charge in [-0.1, -0.05) is 30.3 Å². The third-order valence-electron chi connectivity index (χ3n) is 4.26. The number of rotatable bonds is 10. The van der Waals surface area contributed by atoms with Gasteiger partial charge in [0.2, 0.25) is 5.91 Å². The van der Waals surface area contributed by atoms with Crippen molar-refractivity contribution < 1.29 is 19.0 Å². The van der Waals surface area contributed by atoms with Gasteiger partial charge in [0.25, 0.3) is 0 Å². The molecule has 0 saturated heterocycles. The van der Waals surface area contributed by atoms with Crippen LogP contribution in [0.15, 0.2) is 42.5 Å². The van der Waals surface area contributed by atoms with Crippen LogP contribution >= 0.6 is 0 Å². The summed E-state index contributed by atoms with van der Waals surface area (Å²) >= 11 is 0. The van der Waals surface area contributed by atoms with Crippen molar-refractivity contribution in [2.45, 2.75) is 45.9 Å². The molecule has 5 nitrogen and oxygen atoms in total. The first kappa shape index (κ1) is 20.8. The SMILES string of the molecule is COc1ccc(CCC(=O)NCc2ccccc2COC(C)C)cc1OC. The molecule has 5 heteroatoms. The third kappa shape index (κ3) is 6.61. The number of ether oxygens (including phenoxy) is 3. The zero-order valence-electron chi connectivity index (χ0n) is 16.6. The summed E-state index contributed by atoms with van der Waals surface area (Å²) in [6.45, 7) is 5.08. The lowest BCUT2D eigenvalue weighted by atomic mass is 10.1. The summed E-state index contributed by atoms with van der Waals surface area (Å²) in [5, 5.41) is 3.00. The minimum absolute atomic E-state index is 0.0179. The van der Waals surface area contributed by atoms with Crippen LogP contribution in [0.2, 0.25) is 0 Å². The molecule has 0 spiro atoms. The molecule has 27 heavy (non-hydrogen) atoms. The lowest BCUT2D eigenvalue weighted by Crippen LogP contribution is -2.23. The number of hydrogen-bond donors (Lipinski definition) is 1. The molecule has 146 valence electrons. The number of methoxy groups -OCH3 is 2. The molecule has 0 bridgehead atoms. The van der Waals surface area contributed by atoms with E-state index in [2.05, 4.69) is 5.32 Å². The molecule has 0 fully saturated rings. The first-order valence-corrected chi connectivity index (χ1v) is 9.19. The van der Waals surface area contributed by atoms with Gasteiger partial charge in [-0.25, -0.2) is 0 Å². The second-order valence-corrected chi connectivity index (χ2v) is 6.59. The number of amides is 1. The quantitative estimate of drug-likeness (QED) is 0.689. The van der Waals surface area contributed by atoms with E-state index in [1.54, 1.807) is 14.2 Å². The van der Waals surface area contributed by atoms with Gasteiger partial charge in [0, 0.05) is 13.0 Å². The highest BCUT2D eigenvalue weighted by molar-refractivity contribution is 5.76. The Bertz CT molecular complexity index is 743. The fourth-order valence-corrected chi connectivity index (χ4v) is 2.70. The van der Waals surface area contributed by atoms with Crippen LogP contribution in [0.4, 0.5) is 0 Å². The number of aryl methyl sites for hydroxylation is 1. The predicted molar refractivity (Wildman–Crippen MR) is 106 cm³/mol. The fourth-order valence-electron chi connectivity index (χ4n) is 2.70. The van der Waals surface area contributed by atoms with E-state index >= 15 is 0 Å². The largest absolute Gasteiger partial charge is 0.493 e. The second-order valence-electron chi connectivity index (χ2n) is 6.59. The predicted octanol–water partition coefficient (Wildman–Crippen LogP) is 3.88. The van der Waals surface area contributed by atoms with Crippen LogP contribution < -0.4 is 14.8 Å². The van der Waals surface area contributed by atoms with Crippen molar-refractivity contribution >= 4 is 5.91 Å². The maximum atomic E-state index is 12.2. The van der Waals surface area contributed by atoms with Crippen LogP contribution in [0.5, 0.6) is 11.5 Å². The van der Waals surface area contributed by atoms with Crippen molar-refractivity contribution in [1.82, 2.24) is 5.32 Å². The molecule has 0 unspecified atom stereocenters. The number of benzene rings is 2. The van der Waals surface area contributed by atoms with Gasteiger partial charge in [0.05, 0.1) is 26.9 Å². The van der Waals surface area contributed by atoms with E-state index in [0.717, 1.165) is 16.7 Å². The van der Waals surface area contributed by atoms with Gasteiger partial charge in [-0.3, -0.25) is 4.79 Å². The minimum atomic E-state index is 0.0179. The Hall–Kier alpha value is -2.53. The third-order valence-corrected chi connectivity index (χ3v) is 4.26. The summed E-state index contributed by atoms with van der Waals surface area (Å²) < 4.78 is 16.2. The summed E-state index contributed by atoms with van der Waals surface area (Å²) in [6, 6.07) is 13.7. The number of carbonyl (C=O) groups is 1. The number of carbonyl (C=O) groups excluding carboxylic acids is 1. The Labute approximate surface area is 161 Å². The van der Waals surface area contributed by atoms with E-state index in [1.165, 1.54) is 0 Å². The molecule has 2 aromatic rings. The highest BCUT2D eigenvalue weighted by Crippen LogP contribution is 2.27. The minimum Gasteiger partial charge on any atom is -0.493 e. The standard InChI is InChI=1S/C22H29NO4/c1-16(2)27-15-19-8-6-5-7-18(19)14-23-22(24)12-10-17-9-11-20(25-3)21(13-17)26-4/h5-9,11,13,16H,10,12,14-15H2,1-4H3,(H,23,24). The van der Waals surface area contributed by atoms with Gasteiger partial charge in [-0.15, -0.1) is 0 Å². The summed E-state index contributed by atoms with van der Waals surface area (Å²) in [7, 11) is 3.21. The molecular formula is C22H29NO4. The summed E-state index contributed by atoms with van der Waals surface area (Å²) in [5.74, 6) is 1.38. The van der Waals surface area contributed by atoms with Gasteiger partial charge >= 0.3 is 0 Å². The lowest BCUT2D eigenvalue weighted by molar-refractivity contribution is -0.121. The Balaban J connectivity index is 1.86. The van der Waals surface area contributed by atoms with E-state index < -0.39 is 0 Å². The van der Waals surface area contributed by atoms with Crippen LogP contribution in [0.25, 0.3) is 0 Å². The molecule has 0 aliphatic carbocycles. The van der Waals surface area contributed by atoms with Gasteiger partial charge in [-0.2, -0.15) is 0 Å². The van der Waals surface area contributed by atoms with Crippen LogP contribution in [0.3, 0.4) is 0 Å². The van der Waals surface area contributed by atoms with Gasteiger partial charge < -0.3 is 19.5 Å². The van der Waals surface area contributed by atoms with Crippen molar-refractivity contribution in [3.63, 3.8) is 0 Å². The molecule has 1 amide bonds. The molecule has 0 aliphatic heterocycles. The van der Waals surface area contributed by atoms with Gasteiger partial charge in [0.1, 0.15) is 0 Å². The monoisotopic (exact) mass is 371 g/mol. The fraction of sp³-hybridized carbons (Fsp3) is 0.409. The Kier molecular flexibility index (Phi) is 8.14. The maximum Gasteiger partial charge on any atom is 0.220 e. The van der Waals surface area contributed by atoms with Crippen molar-refractivity contribution in [3.05, 3.63) is 59.2 Å². The molecule has 0 atom stereocenters. The normalized spacial score (nSPS) is 10.7. The van der Waals surface area contributed by atoms with Crippen LogP contribution in [-0.2, 0) is 29.1 Å². The second kappa shape index (κ2) is 10.6. The molecule has 0 heterocycles. The average Bonchev–Trinajstić information content (AvgIpc) is 2.69. The Morgan fingerprint density at radius 2 is 1.70 bits per heavy atom. The highest BCUT2D eigenvalue weighted by Gasteiger charge is 2.08. The summed E-state index contributed by atoms with van der Waals surface area (Å²) in [5.41, 5.74) is 3.22. The van der Waals surface area contributed by atoms with E-state index in [9.17, 15) is 4.79 Å². The highest BCUT2D eigenvalue weighted by atomic mass is 16.5. The number of hydrogen-bond acceptors (Lipinski definition) is 4. The topological polar surface area (TPSA) is 56.8 Å². The van der Waals surface area contributed by atoms with Crippen molar-refractivity contribution in [3.8, 4) is 11.5 Å². The van der Waals surface area contributed by atoms with Crippen LogP contribution in [0, 0.1) is 0 Å². The Morgan fingerprint density at radius 1 is 1.00 bits per heavy atom. The smallest absolute Gasteiger partial charge is 0.220 e. The first-order valence-electron chi connectivity index (χ1n) is 9.19. The van der Waals surface area contributed by atoms with Crippen molar-refractivity contribution in [2.75, 3.05) is 14.2 Å². The molecule has 2 aromatic carbocycles. The lowest BCUT2D eigenvalue weighted by Gasteiger charge is -2.13. The molecule has 0 aromatic heterocycles. The van der Waals surface area contributed by atoms with E-state index in [1.807, 2.05) is 56.3 Å². The van der Waals surface area contributed by atoms with Gasteiger partial charge in [0.15, 0.2) is 11.5 Å². The number of nitrogens with one attached hydrogen (secondary N) is 1. The Morgan fingerprint density at radius 3 is 2.37 bits per heavy atom. The van der Waals surface area contributed by atoms with Crippen LogP contribution in [0.1, 0.15) is 37.0 Å². The zero-order chi connectivity index (χ0) is 19.6. The van der Waals surface area contributed by atoms with Gasteiger partial charge in [-0.05, 0) is 49.1 Å². The molecule has 2 rings (SSSR count). The average molecular weight is 371 g/mol. The maximum absolute atomic E-state index is 12.2. The molecular weight excluding hydrogens is 342 g/mol. The first-order chi connectivity index (χ1) is 13.0. The van der Waals surface area contributed by atoms with Crippen molar-refractivity contribution in [2.24, 2.45) is 0 Å². The molecule has 0 aliphatic rings. The molecule has 1 N–H and O–H groups in total. The van der Waals surface area contributed by atoms with E-state index in [-0.39, 0.29) is 12.0 Å². The summed E-state index contributed by atoms with van der Waals surface area (Å²) in [4.78, 5) is 12.2.